The van der Waals surface area contributed by atoms with Gasteiger partial charge < -0.3 is 10.6 Å². The third-order valence-corrected chi connectivity index (χ3v) is 2.91. The van der Waals surface area contributed by atoms with Gasteiger partial charge in [-0.05, 0) is 38.1 Å². The molecule has 0 bridgehead atoms. The predicted octanol–water partition coefficient (Wildman–Crippen LogP) is 3.81. The number of aromatic nitrogens is 1. The lowest BCUT2D eigenvalue weighted by Gasteiger charge is -2.10. The molecule has 4 nitrogen and oxygen atoms in total. The van der Waals surface area contributed by atoms with Crippen molar-refractivity contribution in [2.75, 3.05) is 10.6 Å². The molecule has 2 rings (SSSR count). The van der Waals surface area contributed by atoms with E-state index in [0.29, 0.717) is 22.4 Å². The Hall–Kier alpha value is -2.07. The first-order valence-corrected chi connectivity index (χ1v) is 6.72. The molecule has 1 aromatic heterocycles. The van der Waals surface area contributed by atoms with Crippen molar-refractivity contribution in [2.45, 2.75) is 19.9 Å². The SMILES string of the molecule is CC(C)Nc1ccc(NC(=O)c2ccccc2Cl)nc1. The fourth-order valence-electron chi connectivity index (χ4n) is 1.72. The van der Waals surface area contributed by atoms with Gasteiger partial charge in [-0.15, -0.1) is 0 Å². The van der Waals surface area contributed by atoms with E-state index in [1.165, 1.54) is 0 Å². The van der Waals surface area contributed by atoms with E-state index >= 15 is 0 Å². The maximum absolute atomic E-state index is 12.0. The maximum Gasteiger partial charge on any atom is 0.258 e. The summed E-state index contributed by atoms with van der Waals surface area (Å²) in [5.41, 5.74) is 1.34. The lowest BCUT2D eigenvalue weighted by Crippen LogP contribution is -2.14. The van der Waals surface area contributed by atoms with Crippen LogP contribution >= 0.6 is 11.6 Å². The van der Waals surface area contributed by atoms with Crippen LogP contribution in [0.4, 0.5) is 11.5 Å². The highest BCUT2D eigenvalue weighted by Gasteiger charge is 2.10. The molecule has 0 aliphatic heterocycles. The number of rotatable bonds is 4. The Morgan fingerprint density at radius 1 is 1.20 bits per heavy atom. The fourth-order valence-corrected chi connectivity index (χ4v) is 1.94. The van der Waals surface area contributed by atoms with Gasteiger partial charge in [0.2, 0.25) is 0 Å². The summed E-state index contributed by atoms with van der Waals surface area (Å²) in [6, 6.07) is 10.9. The van der Waals surface area contributed by atoms with Crippen molar-refractivity contribution in [3.63, 3.8) is 0 Å². The molecular weight excluding hydrogens is 274 g/mol. The van der Waals surface area contributed by atoms with Crippen LogP contribution in [0.2, 0.25) is 5.02 Å². The normalized spacial score (nSPS) is 10.4. The summed E-state index contributed by atoms with van der Waals surface area (Å²) in [5.74, 6) is 0.219. The van der Waals surface area contributed by atoms with Crippen molar-refractivity contribution >= 4 is 29.0 Å². The molecule has 0 saturated heterocycles. The number of hydrogen-bond donors (Lipinski definition) is 2. The van der Waals surface area contributed by atoms with E-state index in [-0.39, 0.29) is 5.91 Å². The van der Waals surface area contributed by atoms with Crippen molar-refractivity contribution < 1.29 is 4.79 Å². The molecule has 1 heterocycles. The molecule has 0 spiro atoms. The second kappa shape index (κ2) is 6.39. The van der Waals surface area contributed by atoms with E-state index in [2.05, 4.69) is 15.6 Å². The number of carbonyl (C=O) groups is 1. The zero-order valence-electron chi connectivity index (χ0n) is 11.4. The van der Waals surface area contributed by atoms with Crippen LogP contribution in [-0.2, 0) is 0 Å². The highest BCUT2D eigenvalue weighted by Crippen LogP contribution is 2.17. The molecule has 20 heavy (non-hydrogen) atoms. The molecule has 0 fully saturated rings. The van der Waals surface area contributed by atoms with Gasteiger partial charge in [-0.25, -0.2) is 4.98 Å². The summed E-state index contributed by atoms with van der Waals surface area (Å²) in [5, 5.41) is 6.37. The Kier molecular flexibility index (Phi) is 4.58. The molecule has 0 aliphatic rings. The number of halogens is 1. The average Bonchev–Trinajstić information content (AvgIpc) is 2.41. The third kappa shape index (κ3) is 3.71. The Morgan fingerprint density at radius 2 is 1.95 bits per heavy atom. The van der Waals surface area contributed by atoms with Crippen LogP contribution in [0.15, 0.2) is 42.6 Å². The van der Waals surface area contributed by atoms with Crippen molar-refractivity contribution in [2.24, 2.45) is 0 Å². The van der Waals surface area contributed by atoms with Gasteiger partial charge in [-0.3, -0.25) is 4.79 Å². The van der Waals surface area contributed by atoms with Gasteiger partial charge in [0, 0.05) is 6.04 Å². The predicted molar refractivity (Wildman–Crippen MR) is 82.4 cm³/mol. The van der Waals surface area contributed by atoms with Gasteiger partial charge >= 0.3 is 0 Å². The number of carbonyl (C=O) groups excluding carboxylic acids is 1. The number of benzene rings is 1. The Balaban J connectivity index is 2.07. The molecular formula is C15H16ClN3O. The van der Waals surface area contributed by atoms with Gasteiger partial charge in [0.15, 0.2) is 0 Å². The minimum atomic E-state index is -0.271. The van der Waals surface area contributed by atoms with Gasteiger partial charge in [-0.2, -0.15) is 0 Å². The van der Waals surface area contributed by atoms with E-state index < -0.39 is 0 Å². The topological polar surface area (TPSA) is 54.0 Å². The summed E-state index contributed by atoms with van der Waals surface area (Å²) in [4.78, 5) is 16.2. The standard InChI is InChI=1S/C15H16ClN3O/c1-10(2)18-11-7-8-14(17-9-11)19-15(20)12-5-3-4-6-13(12)16/h3-10,18H,1-2H3,(H,17,19,20). The van der Waals surface area contributed by atoms with Crippen LogP contribution in [0.1, 0.15) is 24.2 Å². The Bertz CT molecular complexity index is 596. The minimum Gasteiger partial charge on any atom is -0.382 e. The van der Waals surface area contributed by atoms with Crippen molar-refractivity contribution in [1.29, 1.82) is 0 Å². The van der Waals surface area contributed by atoms with Gasteiger partial charge in [0.05, 0.1) is 22.5 Å². The summed E-state index contributed by atoms with van der Waals surface area (Å²) in [6.45, 7) is 4.10. The summed E-state index contributed by atoms with van der Waals surface area (Å²) >= 11 is 5.98. The van der Waals surface area contributed by atoms with Crippen LogP contribution in [-0.4, -0.2) is 16.9 Å². The molecule has 1 amide bonds. The molecule has 5 heteroatoms. The highest BCUT2D eigenvalue weighted by atomic mass is 35.5. The highest BCUT2D eigenvalue weighted by molar-refractivity contribution is 6.34. The number of amides is 1. The van der Waals surface area contributed by atoms with Crippen molar-refractivity contribution in [1.82, 2.24) is 4.98 Å². The van der Waals surface area contributed by atoms with Crippen LogP contribution in [0, 0.1) is 0 Å². The average molecular weight is 290 g/mol. The number of hydrogen-bond acceptors (Lipinski definition) is 3. The van der Waals surface area contributed by atoms with E-state index in [1.54, 1.807) is 36.5 Å². The van der Waals surface area contributed by atoms with Gasteiger partial charge in [0.25, 0.3) is 5.91 Å². The molecule has 0 aliphatic carbocycles. The van der Waals surface area contributed by atoms with Crippen LogP contribution in [0.25, 0.3) is 0 Å². The lowest BCUT2D eigenvalue weighted by atomic mass is 10.2. The quantitative estimate of drug-likeness (QED) is 0.900. The van der Waals surface area contributed by atoms with Crippen molar-refractivity contribution in [3.8, 4) is 0 Å². The molecule has 1 aromatic carbocycles. The molecule has 0 atom stereocenters. The van der Waals surface area contributed by atoms with Gasteiger partial charge in [0.1, 0.15) is 5.82 Å². The third-order valence-electron chi connectivity index (χ3n) is 2.58. The summed E-state index contributed by atoms with van der Waals surface area (Å²) in [6.07, 6.45) is 1.68. The Labute approximate surface area is 123 Å². The van der Waals surface area contributed by atoms with Crippen LogP contribution in [0.3, 0.4) is 0 Å². The van der Waals surface area contributed by atoms with E-state index in [4.69, 9.17) is 11.6 Å². The molecule has 0 radical (unpaired) electrons. The first-order valence-electron chi connectivity index (χ1n) is 6.34. The maximum atomic E-state index is 12.0. The molecule has 104 valence electrons. The monoisotopic (exact) mass is 289 g/mol. The second-order valence-electron chi connectivity index (χ2n) is 4.67. The summed E-state index contributed by atoms with van der Waals surface area (Å²) in [7, 11) is 0. The zero-order chi connectivity index (χ0) is 14.5. The lowest BCUT2D eigenvalue weighted by molar-refractivity contribution is 0.102. The first kappa shape index (κ1) is 14.3. The zero-order valence-corrected chi connectivity index (χ0v) is 12.1. The smallest absolute Gasteiger partial charge is 0.258 e. The van der Waals surface area contributed by atoms with E-state index in [1.807, 2.05) is 19.9 Å². The van der Waals surface area contributed by atoms with E-state index in [0.717, 1.165) is 5.69 Å². The van der Waals surface area contributed by atoms with E-state index in [9.17, 15) is 4.79 Å². The van der Waals surface area contributed by atoms with Gasteiger partial charge in [-0.1, -0.05) is 23.7 Å². The van der Waals surface area contributed by atoms with Crippen LogP contribution in [0.5, 0.6) is 0 Å². The second-order valence-corrected chi connectivity index (χ2v) is 5.07. The number of anilines is 2. The fraction of sp³-hybridized carbons (Fsp3) is 0.200. The molecule has 0 unspecified atom stereocenters. The Morgan fingerprint density at radius 3 is 2.55 bits per heavy atom. The van der Waals surface area contributed by atoms with Crippen LogP contribution < -0.4 is 10.6 Å². The number of nitrogens with one attached hydrogen (secondary N) is 2. The first-order chi connectivity index (χ1) is 9.56. The molecule has 2 N–H and O–H groups in total. The number of pyridine rings is 1. The largest absolute Gasteiger partial charge is 0.382 e. The molecule has 2 aromatic rings. The summed E-state index contributed by atoms with van der Waals surface area (Å²) < 4.78 is 0. The number of nitrogens with zero attached hydrogens (tertiary/aromatic N) is 1. The van der Waals surface area contributed by atoms with Crippen molar-refractivity contribution in [3.05, 3.63) is 53.2 Å². The molecule has 0 saturated carbocycles. The minimum absolute atomic E-state index is 0.271.